The second kappa shape index (κ2) is 9.28. The van der Waals surface area contributed by atoms with Crippen LogP contribution in [-0.2, 0) is 0 Å². The summed E-state index contributed by atoms with van der Waals surface area (Å²) < 4.78 is 0. The topological polar surface area (TPSA) is 43.7 Å². The normalized spacial score (nSPS) is 9.82. The molecule has 0 unspecified atom stereocenters. The van der Waals surface area contributed by atoms with Crippen molar-refractivity contribution in [3.63, 3.8) is 0 Å². The number of aliphatic hydroxyl groups is 2. The lowest BCUT2D eigenvalue weighted by atomic mass is 10.2. The maximum absolute atomic E-state index is 8.86. The van der Waals surface area contributed by atoms with Crippen molar-refractivity contribution in [1.82, 2.24) is 0 Å². The molecule has 0 aliphatic heterocycles. The van der Waals surface area contributed by atoms with Gasteiger partial charge in [-0.25, -0.2) is 0 Å². The molecule has 1 aromatic carbocycles. The summed E-state index contributed by atoms with van der Waals surface area (Å²) in [6.07, 6.45) is 1.53. The van der Waals surface area contributed by atoms with Crippen molar-refractivity contribution in [2.75, 3.05) is 31.2 Å². The van der Waals surface area contributed by atoms with E-state index < -0.39 is 0 Å². The standard InChI is InChI=1S/C13H21NO2.ClH/c1-12-4-6-13(7-5-12)14(8-2-10-15)9-3-11-16;/h4-7,15-16H,2-3,8-11H2,1H3;1H. The lowest BCUT2D eigenvalue weighted by molar-refractivity contribution is 0.282. The van der Waals surface area contributed by atoms with Crippen LogP contribution in [0, 0.1) is 6.92 Å². The molecule has 0 fully saturated rings. The highest BCUT2D eigenvalue weighted by atomic mass is 35.5. The molecule has 0 atom stereocenters. The molecule has 0 bridgehead atoms. The summed E-state index contributed by atoms with van der Waals surface area (Å²) in [6, 6.07) is 8.34. The minimum absolute atomic E-state index is 0. The molecule has 0 amide bonds. The van der Waals surface area contributed by atoms with E-state index in [1.54, 1.807) is 0 Å². The lowest BCUT2D eigenvalue weighted by Crippen LogP contribution is -2.26. The second-order valence-electron chi connectivity index (χ2n) is 3.98. The Bertz CT molecular complexity index is 282. The molecule has 17 heavy (non-hydrogen) atoms. The fourth-order valence-electron chi connectivity index (χ4n) is 1.65. The van der Waals surface area contributed by atoms with Crippen LogP contribution < -0.4 is 4.90 Å². The maximum Gasteiger partial charge on any atom is 0.0447 e. The zero-order chi connectivity index (χ0) is 11.8. The molecule has 0 aliphatic carbocycles. The van der Waals surface area contributed by atoms with Gasteiger partial charge in [-0.15, -0.1) is 12.4 Å². The Labute approximate surface area is 109 Å². The van der Waals surface area contributed by atoms with Crippen LogP contribution >= 0.6 is 12.4 Å². The SMILES string of the molecule is Cc1ccc(N(CCCO)CCCO)cc1.Cl. The number of rotatable bonds is 7. The van der Waals surface area contributed by atoms with Gasteiger partial charge < -0.3 is 15.1 Å². The zero-order valence-corrected chi connectivity index (χ0v) is 11.1. The summed E-state index contributed by atoms with van der Waals surface area (Å²) in [5.74, 6) is 0. The number of halogens is 1. The number of aliphatic hydroxyl groups excluding tert-OH is 2. The first-order chi connectivity index (χ1) is 7.77. The number of hydrogen-bond donors (Lipinski definition) is 2. The van der Waals surface area contributed by atoms with Crippen molar-refractivity contribution >= 4 is 18.1 Å². The van der Waals surface area contributed by atoms with Crippen LogP contribution in [0.25, 0.3) is 0 Å². The Kier molecular flexibility index (Phi) is 8.86. The predicted octanol–water partition coefficient (Wildman–Crippen LogP) is 1.99. The van der Waals surface area contributed by atoms with Gasteiger partial charge in [-0.05, 0) is 31.9 Å². The van der Waals surface area contributed by atoms with Gasteiger partial charge in [0, 0.05) is 32.0 Å². The Balaban J connectivity index is 0.00000256. The summed E-state index contributed by atoms with van der Waals surface area (Å²) in [6.45, 7) is 4.15. The van der Waals surface area contributed by atoms with E-state index in [0.717, 1.165) is 31.6 Å². The fourth-order valence-corrected chi connectivity index (χ4v) is 1.65. The van der Waals surface area contributed by atoms with E-state index in [1.807, 2.05) is 0 Å². The Morgan fingerprint density at radius 3 is 1.82 bits per heavy atom. The molecular formula is C13H22ClNO2. The molecule has 0 aromatic heterocycles. The lowest BCUT2D eigenvalue weighted by Gasteiger charge is -2.24. The summed E-state index contributed by atoms with van der Waals surface area (Å²) in [5.41, 5.74) is 2.40. The zero-order valence-electron chi connectivity index (χ0n) is 10.3. The van der Waals surface area contributed by atoms with Crippen LogP contribution in [-0.4, -0.2) is 36.5 Å². The van der Waals surface area contributed by atoms with E-state index in [-0.39, 0.29) is 25.6 Å². The van der Waals surface area contributed by atoms with Crippen molar-refractivity contribution in [3.8, 4) is 0 Å². The predicted molar refractivity (Wildman–Crippen MR) is 74.0 cm³/mol. The maximum atomic E-state index is 8.86. The van der Waals surface area contributed by atoms with Gasteiger partial charge in [-0.2, -0.15) is 0 Å². The number of benzene rings is 1. The van der Waals surface area contributed by atoms with Gasteiger partial charge in [0.15, 0.2) is 0 Å². The first-order valence-corrected chi connectivity index (χ1v) is 5.81. The van der Waals surface area contributed by atoms with Gasteiger partial charge in [0.25, 0.3) is 0 Å². The minimum atomic E-state index is 0. The first kappa shape index (κ1) is 16.2. The molecule has 1 aromatic rings. The van der Waals surface area contributed by atoms with E-state index in [4.69, 9.17) is 10.2 Å². The molecule has 0 radical (unpaired) electrons. The van der Waals surface area contributed by atoms with Crippen molar-refractivity contribution in [2.45, 2.75) is 19.8 Å². The third kappa shape index (κ3) is 5.91. The van der Waals surface area contributed by atoms with Crippen LogP contribution in [0.2, 0.25) is 0 Å². The van der Waals surface area contributed by atoms with Crippen LogP contribution in [0.4, 0.5) is 5.69 Å². The summed E-state index contributed by atoms with van der Waals surface area (Å²) in [4.78, 5) is 2.20. The summed E-state index contributed by atoms with van der Waals surface area (Å²) >= 11 is 0. The molecule has 3 nitrogen and oxygen atoms in total. The van der Waals surface area contributed by atoms with Gasteiger partial charge >= 0.3 is 0 Å². The molecule has 0 heterocycles. The molecule has 0 saturated carbocycles. The molecule has 2 N–H and O–H groups in total. The summed E-state index contributed by atoms with van der Waals surface area (Å²) in [5, 5.41) is 17.7. The van der Waals surface area contributed by atoms with Gasteiger partial charge in [0.1, 0.15) is 0 Å². The highest BCUT2D eigenvalue weighted by molar-refractivity contribution is 5.85. The van der Waals surface area contributed by atoms with Crippen molar-refractivity contribution in [1.29, 1.82) is 0 Å². The number of nitrogens with zero attached hydrogens (tertiary/aromatic N) is 1. The Morgan fingerprint density at radius 1 is 0.941 bits per heavy atom. The van der Waals surface area contributed by atoms with Gasteiger partial charge in [0.2, 0.25) is 0 Å². The van der Waals surface area contributed by atoms with E-state index in [9.17, 15) is 0 Å². The number of aryl methyl sites for hydroxylation is 1. The van der Waals surface area contributed by atoms with E-state index in [0.29, 0.717) is 0 Å². The summed E-state index contributed by atoms with van der Waals surface area (Å²) in [7, 11) is 0. The van der Waals surface area contributed by atoms with E-state index >= 15 is 0 Å². The number of anilines is 1. The monoisotopic (exact) mass is 259 g/mol. The third-order valence-electron chi connectivity index (χ3n) is 2.57. The van der Waals surface area contributed by atoms with E-state index in [2.05, 4.69) is 36.1 Å². The molecule has 1 rings (SSSR count). The van der Waals surface area contributed by atoms with Crippen molar-refractivity contribution in [2.24, 2.45) is 0 Å². The average Bonchev–Trinajstić information content (AvgIpc) is 2.31. The highest BCUT2D eigenvalue weighted by Gasteiger charge is 2.04. The Morgan fingerprint density at radius 2 is 1.41 bits per heavy atom. The molecule has 0 aliphatic rings. The van der Waals surface area contributed by atoms with Crippen LogP contribution in [0.3, 0.4) is 0 Å². The van der Waals surface area contributed by atoms with Crippen LogP contribution in [0.1, 0.15) is 18.4 Å². The van der Waals surface area contributed by atoms with Gasteiger partial charge in [-0.3, -0.25) is 0 Å². The second-order valence-corrected chi connectivity index (χ2v) is 3.98. The number of hydrogen-bond acceptors (Lipinski definition) is 3. The average molecular weight is 260 g/mol. The molecular weight excluding hydrogens is 238 g/mol. The largest absolute Gasteiger partial charge is 0.396 e. The smallest absolute Gasteiger partial charge is 0.0447 e. The van der Waals surface area contributed by atoms with E-state index in [1.165, 1.54) is 5.56 Å². The minimum Gasteiger partial charge on any atom is -0.396 e. The molecule has 0 spiro atoms. The molecule has 98 valence electrons. The third-order valence-corrected chi connectivity index (χ3v) is 2.57. The quantitative estimate of drug-likeness (QED) is 0.787. The van der Waals surface area contributed by atoms with Crippen LogP contribution in [0.15, 0.2) is 24.3 Å². The van der Waals surface area contributed by atoms with Crippen molar-refractivity contribution < 1.29 is 10.2 Å². The highest BCUT2D eigenvalue weighted by Crippen LogP contribution is 2.15. The molecule has 4 heteroatoms. The Hall–Kier alpha value is -0.770. The fraction of sp³-hybridized carbons (Fsp3) is 0.538. The molecule has 0 saturated heterocycles. The van der Waals surface area contributed by atoms with Gasteiger partial charge in [-0.1, -0.05) is 17.7 Å². The van der Waals surface area contributed by atoms with Crippen molar-refractivity contribution in [3.05, 3.63) is 29.8 Å². The van der Waals surface area contributed by atoms with Gasteiger partial charge in [0.05, 0.1) is 0 Å². The first-order valence-electron chi connectivity index (χ1n) is 5.81. The van der Waals surface area contributed by atoms with Crippen LogP contribution in [0.5, 0.6) is 0 Å².